The van der Waals surface area contributed by atoms with E-state index in [9.17, 15) is 19.7 Å². The molecular weight excluding hydrogens is 378 g/mol. The van der Waals surface area contributed by atoms with E-state index in [4.69, 9.17) is 4.74 Å². The van der Waals surface area contributed by atoms with Gasteiger partial charge < -0.3 is 15.4 Å². The lowest BCUT2D eigenvalue weighted by Crippen LogP contribution is -2.18. The maximum absolute atomic E-state index is 12.3. The largest absolute Gasteiger partial charge is 0.375 e. The quantitative estimate of drug-likeness (QED) is 0.444. The Morgan fingerprint density at radius 1 is 1.14 bits per heavy atom. The van der Waals surface area contributed by atoms with E-state index in [0.29, 0.717) is 16.9 Å². The van der Waals surface area contributed by atoms with Crippen molar-refractivity contribution in [2.24, 2.45) is 0 Å². The first-order valence-electron chi connectivity index (χ1n) is 8.75. The third kappa shape index (κ3) is 5.14. The van der Waals surface area contributed by atoms with Crippen molar-refractivity contribution in [2.75, 3.05) is 24.4 Å². The first kappa shape index (κ1) is 20.0. The van der Waals surface area contributed by atoms with Crippen LogP contribution in [0.4, 0.5) is 17.1 Å². The maximum Gasteiger partial charge on any atom is 0.271 e. The Labute approximate surface area is 165 Å². The van der Waals surface area contributed by atoms with Gasteiger partial charge in [0.05, 0.1) is 23.2 Å². The monoisotopic (exact) mass is 397 g/mol. The molecule has 2 N–H and O–H groups in total. The van der Waals surface area contributed by atoms with Gasteiger partial charge in [0.1, 0.15) is 6.61 Å². The number of benzene rings is 2. The van der Waals surface area contributed by atoms with E-state index in [2.05, 4.69) is 15.7 Å². The molecule has 10 nitrogen and oxygen atoms in total. The molecule has 0 aliphatic rings. The molecule has 150 valence electrons. The molecule has 0 radical (unpaired) electrons. The van der Waals surface area contributed by atoms with Gasteiger partial charge in [0, 0.05) is 42.4 Å². The summed E-state index contributed by atoms with van der Waals surface area (Å²) < 4.78 is 6.32. The number of carbonyl (C=O) groups excluding carboxylic acids is 2. The Hall–Kier alpha value is -3.79. The highest BCUT2D eigenvalue weighted by atomic mass is 16.6. The van der Waals surface area contributed by atoms with E-state index in [1.54, 1.807) is 41.2 Å². The van der Waals surface area contributed by atoms with E-state index < -0.39 is 4.92 Å². The van der Waals surface area contributed by atoms with Gasteiger partial charge in [-0.25, -0.2) is 0 Å². The molecule has 0 atom stereocenters. The van der Waals surface area contributed by atoms with Gasteiger partial charge in [-0.05, 0) is 24.3 Å². The molecule has 3 rings (SSSR count). The van der Waals surface area contributed by atoms with E-state index in [0.717, 1.165) is 5.39 Å². The summed E-state index contributed by atoms with van der Waals surface area (Å²) in [5, 5.41) is 21.3. The third-order valence-electron chi connectivity index (χ3n) is 4.10. The predicted molar refractivity (Wildman–Crippen MR) is 107 cm³/mol. The van der Waals surface area contributed by atoms with Crippen LogP contribution in [0.25, 0.3) is 10.9 Å². The average molecular weight is 397 g/mol. The number of nitrogens with one attached hydrogen (secondary N) is 2. The zero-order valence-corrected chi connectivity index (χ0v) is 15.6. The summed E-state index contributed by atoms with van der Waals surface area (Å²) >= 11 is 0. The van der Waals surface area contributed by atoms with Crippen LogP contribution in [-0.4, -0.2) is 40.2 Å². The molecule has 0 spiro atoms. The molecule has 3 aromatic rings. The van der Waals surface area contributed by atoms with Crippen molar-refractivity contribution in [1.29, 1.82) is 0 Å². The molecule has 2 aromatic carbocycles. The van der Waals surface area contributed by atoms with Gasteiger partial charge in [0.15, 0.2) is 0 Å². The summed E-state index contributed by atoms with van der Waals surface area (Å²) in [6.07, 6.45) is 1.73. The second-order valence-corrected chi connectivity index (χ2v) is 6.23. The molecule has 0 bridgehead atoms. The molecule has 0 saturated heterocycles. The predicted octanol–water partition coefficient (Wildman–Crippen LogP) is 2.56. The number of rotatable bonds is 8. The molecule has 10 heteroatoms. The topological polar surface area (TPSA) is 128 Å². The molecule has 0 unspecified atom stereocenters. The maximum atomic E-state index is 12.3. The number of carbonyl (C=O) groups is 2. The van der Waals surface area contributed by atoms with E-state index in [1.807, 2.05) is 0 Å². The van der Waals surface area contributed by atoms with E-state index in [-0.39, 0.29) is 37.1 Å². The number of nitro benzene ring substituents is 1. The second-order valence-electron chi connectivity index (χ2n) is 6.23. The number of aryl methyl sites for hydroxylation is 1. The third-order valence-corrected chi connectivity index (χ3v) is 4.10. The van der Waals surface area contributed by atoms with Gasteiger partial charge >= 0.3 is 0 Å². The van der Waals surface area contributed by atoms with Crippen LogP contribution in [0.1, 0.15) is 6.42 Å². The van der Waals surface area contributed by atoms with Crippen molar-refractivity contribution in [2.45, 2.75) is 13.0 Å². The van der Waals surface area contributed by atoms with Crippen molar-refractivity contribution >= 4 is 39.8 Å². The fraction of sp³-hybridized carbons (Fsp3) is 0.211. The van der Waals surface area contributed by atoms with Crippen molar-refractivity contribution < 1.29 is 19.2 Å². The van der Waals surface area contributed by atoms with Crippen molar-refractivity contribution in [3.05, 3.63) is 58.8 Å². The first-order chi connectivity index (χ1) is 14.0. The van der Waals surface area contributed by atoms with E-state index in [1.165, 1.54) is 19.2 Å². The van der Waals surface area contributed by atoms with Crippen LogP contribution in [0.3, 0.4) is 0 Å². The number of anilines is 2. The smallest absolute Gasteiger partial charge is 0.271 e. The van der Waals surface area contributed by atoms with Crippen LogP contribution in [0, 0.1) is 10.1 Å². The fourth-order valence-electron chi connectivity index (χ4n) is 2.78. The summed E-state index contributed by atoms with van der Waals surface area (Å²) in [4.78, 5) is 34.4. The van der Waals surface area contributed by atoms with Gasteiger partial charge in [0.2, 0.25) is 11.8 Å². The van der Waals surface area contributed by atoms with Gasteiger partial charge in [-0.15, -0.1) is 0 Å². The number of non-ortho nitro benzene ring substituents is 1. The normalized spacial score (nSPS) is 10.7. The standard InChI is InChI=1S/C19H19N5O5/c1-29-12-19(26)22-15-4-2-3-14(9-15)21-18(25)7-8-23-17-10-16(24(27)28)6-5-13(17)11-20-23/h2-6,9-11H,7-8,12H2,1H3,(H,21,25)(H,22,26). The van der Waals surface area contributed by atoms with Gasteiger partial charge in [0.25, 0.3) is 5.69 Å². The van der Waals surface area contributed by atoms with Crippen molar-refractivity contribution in [3.8, 4) is 0 Å². The highest BCUT2D eigenvalue weighted by Crippen LogP contribution is 2.21. The Morgan fingerprint density at radius 2 is 1.86 bits per heavy atom. The van der Waals surface area contributed by atoms with Crippen molar-refractivity contribution in [1.82, 2.24) is 9.78 Å². The highest BCUT2D eigenvalue weighted by Gasteiger charge is 2.11. The molecule has 0 aliphatic carbocycles. The minimum absolute atomic E-state index is 0.0314. The Balaban J connectivity index is 1.62. The number of hydrogen-bond acceptors (Lipinski definition) is 6. The summed E-state index contributed by atoms with van der Waals surface area (Å²) in [5.74, 6) is -0.546. The summed E-state index contributed by atoms with van der Waals surface area (Å²) in [6, 6.07) is 11.2. The molecule has 29 heavy (non-hydrogen) atoms. The minimum Gasteiger partial charge on any atom is -0.375 e. The molecule has 0 fully saturated rings. The van der Waals surface area contributed by atoms with Gasteiger partial charge in [-0.2, -0.15) is 5.10 Å². The number of aromatic nitrogens is 2. The number of fused-ring (bicyclic) bond motifs is 1. The fourth-order valence-corrected chi connectivity index (χ4v) is 2.78. The van der Waals surface area contributed by atoms with Crippen LogP contribution in [0.2, 0.25) is 0 Å². The van der Waals surface area contributed by atoms with Crippen LogP contribution in [-0.2, 0) is 20.9 Å². The zero-order chi connectivity index (χ0) is 20.8. The Kier molecular flexibility index (Phi) is 6.15. The Morgan fingerprint density at radius 3 is 2.55 bits per heavy atom. The lowest BCUT2D eigenvalue weighted by molar-refractivity contribution is -0.384. The molecule has 2 amide bonds. The number of hydrogen-bond donors (Lipinski definition) is 2. The first-order valence-corrected chi connectivity index (χ1v) is 8.75. The van der Waals surface area contributed by atoms with Gasteiger partial charge in [-0.1, -0.05) is 6.07 Å². The Bertz CT molecular complexity index is 1060. The van der Waals surface area contributed by atoms with Crippen LogP contribution in [0.15, 0.2) is 48.7 Å². The lowest BCUT2D eigenvalue weighted by atomic mass is 10.2. The van der Waals surface area contributed by atoms with Gasteiger partial charge in [-0.3, -0.25) is 24.4 Å². The van der Waals surface area contributed by atoms with E-state index >= 15 is 0 Å². The lowest BCUT2D eigenvalue weighted by Gasteiger charge is -2.09. The number of amides is 2. The van der Waals surface area contributed by atoms with Crippen molar-refractivity contribution in [3.63, 3.8) is 0 Å². The van der Waals surface area contributed by atoms with Crippen LogP contribution < -0.4 is 10.6 Å². The number of ether oxygens (including phenoxy) is 1. The summed E-state index contributed by atoms with van der Waals surface area (Å²) in [7, 11) is 1.43. The zero-order valence-electron chi connectivity index (χ0n) is 15.6. The molecule has 0 saturated carbocycles. The van der Waals surface area contributed by atoms with Crippen LogP contribution in [0.5, 0.6) is 0 Å². The molecule has 1 heterocycles. The molecule has 0 aliphatic heterocycles. The molecule has 1 aromatic heterocycles. The highest BCUT2D eigenvalue weighted by molar-refractivity contribution is 5.94. The number of methoxy groups -OCH3 is 1. The average Bonchev–Trinajstić information content (AvgIpc) is 3.09. The minimum atomic E-state index is -0.470. The summed E-state index contributed by atoms with van der Waals surface area (Å²) in [5.41, 5.74) is 1.63. The summed E-state index contributed by atoms with van der Waals surface area (Å²) in [6.45, 7) is 0.202. The number of nitro groups is 1. The SMILES string of the molecule is COCC(=O)Nc1cccc(NC(=O)CCn2ncc3ccc([N+](=O)[O-])cc32)c1. The number of nitrogens with zero attached hydrogens (tertiary/aromatic N) is 3. The van der Waals surface area contributed by atoms with Crippen LogP contribution >= 0.6 is 0 Å². The second kappa shape index (κ2) is 8.93. The molecular formula is C19H19N5O5.